The largest absolute Gasteiger partial charge is 0.364 e. The molecule has 3 atom stereocenters. The standard InChI is InChI=1S/C25H24Cl2N2OS2/c1-16(28-24(30)15-31-25-29-22-4-2-3-5-23(22)32-25)21(18-8-12-20(27)13-9-18)14-17-6-10-19(26)11-7-17/h2-13,16,21,25,29H,14-15H2,1H3,(H,28,30)/t16-,21+,25?/m1/s1. The van der Waals surface area contributed by atoms with E-state index in [2.05, 4.69) is 29.7 Å². The van der Waals surface area contributed by atoms with E-state index in [1.54, 1.807) is 23.5 Å². The number of amides is 1. The van der Waals surface area contributed by atoms with Crippen molar-refractivity contribution in [2.45, 2.75) is 34.9 Å². The molecule has 0 spiro atoms. The number of rotatable bonds is 8. The lowest BCUT2D eigenvalue weighted by atomic mass is 9.86. The normalized spacial score (nSPS) is 16.7. The van der Waals surface area contributed by atoms with E-state index in [0.29, 0.717) is 10.8 Å². The Bertz CT molecular complexity index is 1040. The minimum absolute atomic E-state index is 0.0379. The molecule has 1 heterocycles. The van der Waals surface area contributed by atoms with Gasteiger partial charge >= 0.3 is 0 Å². The fourth-order valence-electron chi connectivity index (χ4n) is 3.75. The Morgan fingerprint density at radius 2 is 1.69 bits per heavy atom. The summed E-state index contributed by atoms with van der Waals surface area (Å²) in [7, 11) is 0. The van der Waals surface area contributed by atoms with E-state index in [-0.39, 0.29) is 22.6 Å². The molecular weight excluding hydrogens is 479 g/mol. The third kappa shape index (κ3) is 6.16. The van der Waals surface area contributed by atoms with E-state index in [9.17, 15) is 4.79 Å². The molecule has 3 nitrogen and oxygen atoms in total. The number of anilines is 1. The van der Waals surface area contributed by atoms with Gasteiger partial charge < -0.3 is 10.6 Å². The number of carbonyl (C=O) groups excluding carboxylic acids is 1. The van der Waals surface area contributed by atoms with Crippen molar-refractivity contribution >= 4 is 58.3 Å². The second-order valence-corrected chi connectivity index (χ2v) is 11.2. The van der Waals surface area contributed by atoms with Crippen LogP contribution in [0.3, 0.4) is 0 Å². The summed E-state index contributed by atoms with van der Waals surface area (Å²) in [6.07, 6.45) is 0.794. The van der Waals surface area contributed by atoms with Gasteiger partial charge in [0.05, 0.1) is 5.75 Å². The quantitative estimate of drug-likeness (QED) is 0.345. The van der Waals surface area contributed by atoms with Crippen LogP contribution in [-0.4, -0.2) is 22.4 Å². The molecule has 2 N–H and O–H groups in total. The van der Waals surface area contributed by atoms with Crippen molar-refractivity contribution in [1.29, 1.82) is 0 Å². The molecule has 1 aliphatic heterocycles. The van der Waals surface area contributed by atoms with Crippen LogP contribution in [0.15, 0.2) is 77.7 Å². The molecular formula is C25H24Cl2N2OS2. The summed E-state index contributed by atoms with van der Waals surface area (Å²) in [6, 6.07) is 23.9. The summed E-state index contributed by atoms with van der Waals surface area (Å²) in [6.45, 7) is 2.07. The van der Waals surface area contributed by atoms with Gasteiger partial charge in [-0.25, -0.2) is 0 Å². The van der Waals surface area contributed by atoms with Crippen molar-refractivity contribution in [2.24, 2.45) is 0 Å². The van der Waals surface area contributed by atoms with Crippen molar-refractivity contribution in [3.8, 4) is 0 Å². The van der Waals surface area contributed by atoms with Crippen LogP contribution in [0.4, 0.5) is 5.69 Å². The number of benzene rings is 3. The fourth-order valence-corrected chi connectivity index (χ4v) is 6.21. The smallest absolute Gasteiger partial charge is 0.230 e. The summed E-state index contributed by atoms with van der Waals surface area (Å²) in [4.78, 5) is 14.0. The van der Waals surface area contributed by atoms with Crippen molar-refractivity contribution in [2.75, 3.05) is 11.1 Å². The van der Waals surface area contributed by atoms with Crippen LogP contribution in [0.5, 0.6) is 0 Å². The van der Waals surface area contributed by atoms with E-state index >= 15 is 0 Å². The minimum atomic E-state index is -0.0404. The van der Waals surface area contributed by atoms with Gasteiger partial charge in [-0.3, -0.25) is 4.79 Å². The second-order valence-electron chi connectivity index (χ2n) is 7.75. The topological polar surface area (TPSA) is 41.1 Å². The number of fused-ring (bicyclic) bond motifs is 1. The van der Waals surface area contributed by atoms with Gasteiger partial charge in [-0.15, -0.1) is 11.8 Å². The van der Waals surface area contributed by atoms with Crippen LogP contribution in [-0.2, 0) is 11.2 Å². The minimum Gasteiger partial charge on any atom is -0.364 e. The van der Waals surface area contributed by atoms with Crippen LogP contribution < -0.4 is 10.6 Å². The lowest BCUT2D eigenvalue weighted by molar-refractivity contribution is -0.119. The summed E-state index contributed by atoms with van der Waals surface area (Å²) >= 11 is 15.5. The van der Waals surface area contributed by atoms with Gasteiger partial charge in [0.2, 0.25) is 5.91 Å². The zero-order valence-electron chi connectivity index (χ0n) is 17.6. The number of carbonyl (C=O) groups is 1. The Labute approximate surface area is 207 Å². The Kier molecular flexibility index (Phi) is 7.95. The van der Waals surface area contributed by atoms with Gasteiger partial charge in [-0.05, 0) is 60.9 Å². The maximum Gasteiger partial charge on any atom is 0.230 e. The van der Waals surface area contributed by atoms with Gasteiger partial charge in [-0.2, -0.15) is 0 Å². The highest BCUT2D eigenvalue weighted by Gasteiger charge is 2.24. The highest BCUT2D eigenvalue weighted by atomic mass is 35.5. The Hall–Kier alpha value is -1.79. The van der Waals surface area contributed by atoms with Crippen LogP contribution in [0, 0.1) is 0 Å². The third-order valence-electron chi connectivity index (χ3n) is 5.42. The first kappa shape index (κ1) is 23.4. The zero-order chi connectivity index (χ0) is 22.5. The first-order chi connectivity index (χ1) is 15.5. The third-order valence-corrected chi connectivity index (χ3v) is 8.41. The monoisotopic (exact) mass is 502 g/mol. The molecule has 0 aromatic heterocycles. The number of hydrogen-bond acceptors (Lipinski definition) is 4. The second kappa shape index (κ2) is 10.9. The molecule has 32 heavy (non-hydrogen) atoms. The molecule has 166 valence electrons. The van der Waals surface area contributed by atoms with Crippen LogP contribution >= 0.6 is 46.7 Å². The van der Waals surface area contributed by atoms with Crippen LogP contribution in [0.25, 0.3) is 0 Å². The molecule has 0 radical (unpaired) electrons. The van der Waals surface area contributed by atoms with Crippen molar-refractivity contribution < 1.29 is 4.79 Å². The molecule has 3 aromatic carbocycles. The van der Waals surface area contributed by atoms with Gasteiger partial charge in [-0.1, -0.05) is 71.4 Å². The first-order valence-electron chi connectivity index (χ1n) is 10.4. The highest BCUT2D eigenvalue weighted by Crippen LogP contribution is 2.42. The lowest BCUT2D eigenvalue weighted by Crippen LogP contribution is -2.39. The predicted octanol–water partition coefficient (Wildman–Crippen LogP) is 7.06. The van der Waals surface area contributed by atoms with E-state index in [4.69, 9.17) is 23.2 Å². The van der Waals surface area contributed by atoms with Crippen molar-refractivity contribution in [3.63, 3.8) is 0 Å². The molecule has 3 aromatic rings. The molecule has 7 heteroatoms. The van der Waals surface area contributed by atoms with Gasteiger partial charge in [0.1, 0.15) is 4.71 Å². The number of para-hydroxylation sites is 1. The Balaban J connectivity index is 1.37. The molecule has 0 bridgehead atoms. The molecule has 1 amide bonds. The van der Waals surface area contributed by atoms with Gasteiger partial charge in [0, 0.05) is 32.6 Å². The Morgan fingerprint density at radius 3 is 2.38 bits per heavy atom. The summed E-state index contributed by atoms with van der Waals surface area (Å²) in [5, 5.41) is 8.09. The van der Waals surface area contributed by atoms with Crippen LogP contribution in [0.2, 0.25) is 10.0 Å². The molecule has 1 unspecified atom stereocenters. The van der Waals surface area contributed by atoms with E-state index < -0.39 is 0 Å². The fraction of sp³-hybridized carbons (Fsp3) is 0.240. The van der Waals surface area contributed by atoms with E-state index in [1.165, 1.54) is 10.5 Å². The molecule has 0 saturated heterocycles. The van der Waals surface area contributed by atoms with E-state index in [1.807, 2.05) is 60.7 Å². The maximum atomic E-state index is 12.8. The zero-order valence-corrected chi connectivity index (χ0v) is 20.7. The number of nitrogens with one attached hydrogen (secondary N) is 2. The molecule has 0 aliphatic carbocycles. The average Bonchev–Trinajstić information content (AvgIpc) is 3.21. The summed E-state index contributed by atoms with van der Waals surface area (Å²) in [5.41, 5.74) is 3.46. The van der Waals surface area contributed by atoms with E-state index in [0.717, 1.165) is 22.7 Å². The average molecular weight is 504 g/mol. The SMILES string of the molecule is C[C@@H](NC(=O)CSC1Nc2ccccc2S1)[C@H](Cc1ccc(Cl)cc1)c1ccc(Cl)cc1. The first-order valence-corrected chi connectivity index (χ1v) is 13.1. The van der Waals surface area contributed by atoms with Gasteiger partial charge in [0.25, 0.3) is 0 Å². The number of thioether (sulfide) groups is 2. The summed E-state index contributed by atoms with van der Waals surface area (Å²) in [5.74, 6) is 0.554. The molecule has 4 rings (SSSR count). The number of hydrogen-bond donors (Lipinski definition) is 2. The maximum absolute atomic E-state index is 12.8. The van der Waals surface area contributed by atoms with Crippen LogP contribution in [0.1, 0.15) is 24.0 Å². The molecule has 1 aliphatic rings. The molecule has 0 saturated carbocycles. The summed E-state index contributed by atoms with van der Waals surface area (Å²) < 4.78 is 0.148. The Morgan fingerprint density at radius 1 is 1.03 bits per heavy atom. The van der Waals surface area contributed by atoms with Crippen molar-refractivity contribution in [3.05, 3.63) is 94.0 Å². The van der Waals surface area contributed by atoms with Gasteiger partial charge in [0.15, 0.2) is 0 Å². The highest BCUT2D eigenvalue weighted by molar-refractivity contribution is 8.17. The lowest BCUT2D eigenvalue weighted by Gasteiger charge is -2.26. The number of halogens is 2. The molecule has 0 fully saturated rings. The van der Waals surface area contributed by atoms with Crippen molar-refractivity contribution in [1.82, 2.24) is 5.32 Å². The predicted molar refractivity (Wildman–Crippen MR) is 139 cm³/mol.